The summed E-state index contributed by atoms with van der Waals surface area (Å²) in [6, 6.07) is 5.81. The van der Waals surface area contributed by atoms with Gasteiger partial charge in [0.25, 0.3) is 0 Å². The van der Waals surface area contributed by atoms with Crippen molar-refractivity contribution in [1.82, 2.24) is 0 Å². The van der Waals surface area contributed by atoms with Crippen LogP contribution in [0, 0.1) is 0 Å². The highest BCUT2D eigenvalue weighted by atomic mass is 16.4. The molecular formula is C25H43NO4. The molecule has 0 aliphatic heterocycles. The molecule has 0 saturated heterocycles. The van der Waals surface area contributed by atoms with E-state index in [1.165, 1.54) is 102 Å². The maximum absolute atomic E-state index is 10.6. The summed E-state index contributed by atoms with van der Waals surface area (Å²) in [5.74, 6) is -1.47. The van der Waals surface area contributed by atoms with Gasteiger partial charge in [-0.15, -0.1) is 0 Å². The van der Waals surface area contributed by atoms with Gasteiger partial charge in [0.2, 0.25) is 5.91 Å². The van der Waals surface area contributed by atoms with Crippen molar-refractivity contribution in [2.45, 2.75) is 110 Å². The molecule has 0 unspecified atom stereocenters. The fraction of sp³-hybridized carbons (Fsp3) is 0.680. The smallest absolute Gasteiger partial charge is 0.339 e. The SMILES string of the molecule is CCCCCCCCCCCCCCCCCC(N)=O.O=C(O)c1ccccc1O. The van der Waals surface area contributed by atoms with Crippen LogP contribution >= 0.6 is 0 Å². The lowest BCUT2D eigenvalue weighted by Gasteiger charge is -2.03. The van der Waals surface area contributed by atoms with Crippen LogP contribution in [-0.4, -0.2) is 22.1 Å². The number of benzene rings is 1. The van der Waals surface area contributed by atoms with Crippen LogP contribution in [-0.2, 0) is 4.79 Å². The van der Waals surface area contributed by atoms with E-state index in [1.54, 1.807) is 12.1 Å². The van der Waals surface area contributed by atoms with Crippen molar-refractivity contribution < 1.29 is 19.8 Å². The Bertz CT molecular complexity index is 560. The molecule has 0 saturated carbocycles. The lowest BCUT2D eigenvalue weighted by Crippen LogP contribution is -2.09. The van der Waals surface area contributed by atoms with Crippen molar-refractivity contribution in [2.75, 3.05) is 0 Å². The number of primary amides is 1. The van der Waals surface area contributed by atoms with Crippen molar-refractivity contribution in [3.05, 3.63) is 29.8 Å². The molecule has 0 radical (unpaired) electrons. The van der Waals surface area contributed by atoms with E-state index < -0.39 is 5.97 Å². The second-order valence-electron chi connectivity index (χ2n) is 7.99. The number of aromatic carboxylic acids is 1. The Morgan fingerprint density at radius 2 is 1.13 bits per heavy atom. The molecule has 30 heavy (non-hydrogen) atoms. The third-order valence-electron chi connectivity index (χ3n) is 5.16. The van der Waals surface area contributed by atoms with Gasteiger partial charge in [-0.25, -0.2) is 4.79 Å². The van der Waals surface area contributed by atoms with Crippen LogP contribution in [0.3, 0.4) is 0 Å². The van der Waals surface area contributed by atoms with Gasteiger partial charge in [0.1, 0.15) is 11.3 Å². The minimum absolute atomic E-state index is 0.0671. The molecule has 1 rings (SSSR count). The molecule has 1 aromatic carbocycles. The van der Waals surface area contributed by atoms with Gasteiger partial charge in [0.05, 0.1) is 0 Å². The van der Waals surface area contributed by atoms with Gasteiger partial charge < -0.3 is 15.9 Å². The quantitative estimate of drug-likeness (QED) is 0.240. The van der Waals surface area contributed by atoms with Gasteiger partial charge in [0.15, 0.2) is 0 Å². The predicted molar refractivity (Wildman–Crippen MR) is 124 cm³/mol. The van der Waals surface area contributed by atoms with Crippen molar-refractivity contribution in [2.24, 2.45) is 5.73 Å². The van der Waals surface area contributed by atoms with E-state index in [-0.39, 0.29) is 17.2 Å². The number of para-hydroxylation sites is 1. The van der Waals surface area contributed by atoms with Gasteiger partial charge in [-0.1, -0.05) is 109 Å². The number of carbonyl (C=O) groups excluding carboxylic acids is 1. The molecule has 0 fully saturated rings. The first-order chi connectivity index (χ1) is 14.5. The summed E-state index contributed by atoms with van der Waals surface area (Å²) in [4.78, 5) is 20.8. The van der Waals surface area contributed by atoms with Crippen molar-refractivity contribution in [3.8, 4) is 5.75 Å². The summed E-state index contributed by atoms with van der Waals surface area (Å²) in [5, 5.41) is 17.3. The van der Waals surface area contributed by atoms with Crippen LogP contribution in [0.5, 0.6) is 5.75 Å². The Morgan fingerprint density at radius 3 is 1.47 bits per heavy atom. The van der Waals surface area contributed by atoms with Crippen molar-refractivity contribution in [1.29, 1.82) is 0 Å². The second kappa shape index (κ2) is 20.2. The molecule has 0 aliphatic rings. The Hall–Kier alpha value is -2.04. The largest absolute Gasteiger partial charge is 0.507 e. The van der Waals surface area contributed by atoms with Gasteiger partial charge in [-0.3, -0.25) is 4.79 Å². The van der Waals surface area contributed by atoms with E-state index >= 15 is 0 Å². The van der Waals surface area contributed by atoms with Gasteiger partial charge >= 0.3 is 5.97 Å². The number of carboxylic acids is 1. The average Bonchev–Trinajstić information content (AvgIpc) is 2.71. The summed E-state index contributed by atoms with van der Waals surface area (Å²) < 4.78 is 0. The zero-order chi connectivity index (χ0) is 22.5. The molecular weight excluding hydrogens is 378 g/mol. The molecule has 0 aromatic heterocycles. The first kappa shape index (κ1) is 28.0. The summed E-state index contributed by atoms with van der Waals surface area (Å²) in [7, 11) is 0. The van der Waals surface area contributed by atoms with E-state index in [0.29, 0.717) is 6.42 Å². The molecule has 0 bridgehead atoms. The maximum atomic E-state index is 10.6. The summed E-state index contributed by atoms with van der Waals surface area (Å²) >= 11 is 0. The number of aromatic hydroxyl groups is 1. The molecule has 5 nitrogen and oxygen atoms in total. The van der Waals surface area contributed by atoms with E-state index in [9.17, 15) is 9.59 Å². The summed E-state index contributed by atoms with van der Waals surface area (Å²) in [6.45, 7) is 2.28. The standard InChI is InChI=1S/C18H37NO.C7H6O3/c1-2-3-4-5-6-7-8-9-10-11-12-13-14-15-16-17-18(19)20;8-6-4-2-1-3-5(6)7(9)10/h2-17H2,1H3,(H2,19,20);1-4,8H,(H,9,10). The van der Waals surface area contributed by atoms with Crippen molar-refractivity contribution in [3.63, 3.8) is 0 Å². The highest BCUT2D eigenvalue weighted by molar-refractivity contribution is 5.90. The van der Waals surface area contributed by atoms with Gasteiger partial charge in [-0.2, -0.15) is 0 Å². The number of hydrogen-bond acceptors (Lipinski definition) is 3. The number of rotatable bonds is 17. The molecule has 0 spiro atoms. The third-order valence-corrected chi connectivity index (χ3v) is 5.16. The zero-order valence-corrected chi connectivity index (χ0v) is 18.9. The number of carboxylic acid groups (broad SMARTS) is 1. The second-order valence-corrected chi connectivity index (χ2v) is 7.99. The van der Waals surface area contributed by atoms with Gasteiger partial charge in [0, 0.05) is 6.42 Å². The molecule has 0 aliphatic carbocycles. The Balaban J connectivity index is 0.000000696. The number of unbranched alkanes of at least 4 members (excludes halogenated alkanes) is 14. The predicted octanol–water partition coefficient (Wildman–Crippen LogP) is 6.82. The summed E-state index contributed by atoms with van der Waals surface area (Å²) in [6.07, 6.45) is 20.9. The summed E-state index contributed by atoms with van der Waals surface area (Å²) in [5.41, 5.74) is 5.04. The number of carbonyl (C=O) groups is 2. The van der Waals surface area contributed by atoms with Crippen LogP contribution in [0.15, 0.2) is 24.3 Å². The highest BCUT2D eigenvalue weighted by Crippen LogP contribution is 2.15. The molecule has 0 heterocycles. The van der Waals surface area contributed by atoms with Crippen LogP contribution < -0.4 is 5.73 Å². The molecule has 5 heteroatoms. The lowest BCUT2D eigenvalue weighted by atomic mass is 10.0. The maximum Gasteiger partial charge on any atom is 0.339 e. The minimum Gasteiger partial charge on any atom is -0.507 e. The number of hydrogen-bond donors (Lipinski definition) is 3. The van der Waals surface area contributed by atoms with Crippen LogP contribution in [0.25, 0.3) is 0 Å². The van der Waals surface area contributed by atoms with E-state index in [4.69, 9.17) is 15.9 Å². The minimum atomic E-state index is -1.11. The normalized spacial score (nSPS) is 10.3. The number of phenols is 1. The monoisotopic (exact) mass is 421 g/mol. The van der Waals surface area contributed by atoms with E-state index in [1.807, 2.05) is 0 Å². The van der Waals surface area contributed by atoms with Crippen molar-refractivity contribution >= 4 is 11.9 Å². The Kier molecular flexibility index (Phi) is 18.9. The Labute approximate surface area is 183 Å². The highest BCUT2D eigenvalue weighted by Gasteiger charge is 2.05. The first-order valence-electron chi connectivity index (χ1n) is 11.8. The fourth-order valence-corrected chi connectivity index (χ4v) is 3.33. The average molecular weight is 422 g/mol. The molecule has 1 aromatic rings. The van der Waals surface area contributed by atoms with E-state index in [2.05, 4.69) is 6.92 Å². The first-order valence-corrected chi connectivity index (χ1v) is 11.8. The molecule has 0 atom stereocenters. The number of nitrogens with two attached hydrogens (primary N) is 1. The molecule has 1 amide bonds. The van der Waals surface area contributed by atoms with Crippen LogP contribution in [0.1, 0.15) is 120 Å². The lowest BCUT2D eigenvalue weighted by molar-refractivity contribution is -0.118. The zero-order valence-electron chi connectivity index (χ0n) is 18.9. The van der Waals surface area contributed by atoms with E-state index in [0.717, 1.165) is 6.42 Å². The Morgan fingerprint density at radius 1 is 0.733 bits per heavy atom. The third kappa shape index (κ3) is 18.0. The van der Waals surface area contributed by atoms with Crippen LogP contribution in [0.2, 0.25) is 0 Å². The van der Waals surface area contributed by atoms with Crippen LogP contribution in [0.4, 0.5) is 0 Å². The topological polar surface area (TPSA) is 101 Å². The fourth-order valence-electron chi connectivity index (χ4n) is 3.33. The van der Waals surface area contributed by atoms with Gasteiger partial charge in [-0.05, 0) is 18.6 Å². The number of amides is 1. The molecule has 4 N–H and O–H groups in total. The molecule has 172 valence electrons.